The Morgan fingerprint density at radius 3 is 2.59 bits per heavy atom. The van der Waals surface area contributed by atoms with Crippen molar-refractivity contribution in [1.82, 2.24) is 10.6 Å². The zero-order valence-electron chi connectivity index (χ0n) is 15.4. The molecule has 1 aromatic carbocycles. The first-order valence-electron chi connectivity index (χ1n) is 8.92. The van der Waals surface area contributed by atoms with Gasteiger partial charge < -0.3 is 20.5 Å². The van der Waals surface area contributed by atoms with Crippen molar-refractivity contribution in [3.8, 4) is 5.75 Å². The quantitative estimate of drug-likeness (QED) is 0.479. The summed E-state index contributed by atoms with van der Waals surface area (Å²) in [5, 5.41) is 17.5. The first kappa shape index (κ1) is 21.7. The second-order valence-electron chi connectivity index (χ2n) is 6.36. The standard InChI is InChI=1S/C18H26F3N3O2S/c1-3-22-17(24-13-6-9-15(10-13)27-2)23-11-16(25)12-4-7-14(8-5-12)26-18(19,20)21/h4-5,7-8,13,15-16,25H,3,6,9-11H2,1-2H3,(H2,22,23,24). The minimum Gasteiger partial charge on any atom is -0.406 e. The van der Waals surface area contributed by atoms with Crippen molar-refractivity contribution in [1.29, 1.82) is 0 Å². The van der Waals surface area contributed by atoms with E-state index in [0.717, 1.165) is 12.8 Å². The molecule has 1 aliphatic rings. The van der Waals surface area contributed by atoms with Crippen LogP contribution in [0.25, 0.3) is 0 Å². The van der Waals surface area contributed by atoms with Gasteiger partial charge in [0.05, 0.1) is 12.6 Å². The normalized spacial score (nSPS) is 21.8. The summed E-state index contributed by atoms with van der Waals surface area (Å²) >= 11 is 1.88. The molecule has 0 spiro atoms. The summed E-state index contributed by atoms with van der Waals surface area (Å²) in [5.74, 6) is 0.321. The molecule has 1 aromatic rings. The third-order valence-corrected chi connectivity index (χ3v) is 5.42. The van der Waals surface area contributed by atoms with E-state index < -0.39 is 12.5 Å². The second-order valence-corrected chi connectivity index (χ2v) is 7.50. The van der Waals surface area contributed by atoms with Gasteiger partial charge in [0.25, 0.3) is 0 Å². The summed E-state index contributed by atoms with van der Waals surface area (Å²) in [6, 6.07) is 5.53. The van der Waals surface area contributed by atoms with Crippen LogP contribution in [0.2, 0.25) is 0 Å². The third kappa shape index (κ3) is 7.50. The molecular formula is C18H26F3N3O2S. The van der Waals surface area contributed by atoms with Crippen LogP contribution < -0.4 is 15.4 Å². The molecule has 152 valence electrons. The largest absolute Gasteiger partial charge is 0.573 e. The Balaban J connectivity index is 1.92. The Hall–Kier alpha value is -1.61. The monoisotopic (exact) mass is 405 g/mol. The number of halogens is 3. The molecule has 1 aliphatic carbocycles. The van der Waals surface area contributed by atoms with Crippen LogP contribution in [0.4, 0.5) is 13.2 Å². The maximum Gasteiger partial charge on any atom is 0.573 e. The minimum atomic E-state index is -4.73. The molecule has 2 rings (SSSR count). The number of hydrogen-bond acceptors (Lipinski definition) is 4. The van der Waals surface area contributed by atoms with Crippen LogP contribution in [0.15, 0.2) is 29.3 Å². The van der Waals surface area contributed by atoms with Gasteiger partial charge in [-0.25, -0.2) is 0 Å². The molecule has 0 heterocycles. The molecular weight excluding hydrogens is 379 g/mol. The molecule has 3 atom stereocenters. The van der Waals surface area contributed by atoms with E-state index in [-0.39, 0.29) is 12.3 Å². The number of rotatable bonds is 7. The lowest BCUT2D eigenvalue weighted by Gasteiger charge is -2.18. The Bertz CT molecular complexity index is 611. The van der Waals surface area contributed by atoms with E-state index in [1.54, 1.807) is 0 Å². The van der Waals surface area contributed by atoms with E-state index in [1.807, 2.05) is 18.7 Å². The number of nitrogens with zero attached hydrogens (tertiary/aromatic N) is 1. The number of aliphatic hydroxyl groups is 1. The zero-order chi connectivity index (χ0) is 19.9. The van der Waals surface area contributed by atoms with Crippen LogP contribution in [-0.2, 0) is 0 Å². The number of alkyl halides is 3. The minimum absolute atomic E-state index is 0.105. The predicted molar refractivity (Wildman–Crippen MR) is 102 cm³/mol. The van der Waals surface area contributed by atoms with Crippen LogP contribution in [0.3, 0.4) is 0 Å². The topological polar surface area (TPSA) is 65.9 Å². The lowest BCUT2D eigenvalue weighted by atomic mass is 10.1. The molecule has 0 aromatic heterocycles. The second kappa shape index (κ2) is 10.1. The number of aliphatic hydroxyl groups excluding tert-OH is 1. The molecule has 9 heteroatoms. The number of benzene rings is 1. The van der Waals surface area contributed by atoms with E-state index >= 15 is 0 Å². The lowest BCUT2D eigenvalue weighted by Crippen LogP contribution is -2.42. The fourth-order valence-electron chi connectivity index (χ4n) is 2.97. The van der Waals surface area contributed by atoms with Crippen LogP contribution in [-0.4, -0.2) is 48.1 Å². The van der Waals surface area contributed by atoms with Crippen molar-refractivity contribution in [3.63, 3.8) is 0 Å². The van der Waals surface area contributed by atoms with Gasteiger partial charge in [0.15, 0.2) is 5.96 Å². The van der Waals surface area contributed by atoms with E-state index in [1.165, 1.54) is 30.7 Å². The third-order valence-electron chi connectivity index (χ3n) is 4.32. The highest BCUT2D eigenvalue weighted by atomic mass is 32.2. The SMILES string of the molecule is CCNC(=NCC(O)c1ccc(OC(F)(F)F)cc1)NC1CCC(SC)C1. The maximum absolute atomic E-state index is 12.2. The van der Waals surface area contributed by atoms with E-state index in [2.05, 4.69) is 26.6 Å². The van der Waals surface area contributed by atoms with Crippen molar-refractivity contribution in [2.24, 2.45) is 4.99 Å². The first-order valence-corrected chi connectivity index (χ1v) is 10.2. The molecule has 0 amide bonds. The van der Waals surface area contributed by atoms with Crippen molar-refractivity contribution in [3.05, 3.63) is 29.8 Å². The highest BCUT2D eigenvalue weighted by molar-refractivity contribution is 7.99. The van der Waals surface area contributed by atoms with Crippen LogP contribution in [0, 0.1) is 0 Å². The van der Waals surface area contributed by atoms with Gasteiger partial charge in [-0.1, -0.05) is 12.1 Å². The van der Waals surface area contributed by atoms with E-state index in [0.29, 0.717) is 29.4 Å². The van der Waals surface area contributed by atoms with Crippen molar-refractivity contribution >= 4 is 17.7 Å². The Morgan fingerprint density at radius 1 is 1.33 bits per heavy atom. The molecule has 3 unspecified atom stereocenters. The fourth-order valence-corrected chi connectivity index (χ4v) is 3.77. The van der Waals surface area contributed by atoms with Gasteiger partial charge in [-0.15, -0.1) is 13.2 Å². The van der Waals surface area contributed by atoms with Gasteiger partial charge in [-0.2, -0.15) is 11.8 Å². The summed E-state index contributed by atoms with van der Waals surface area (Å²) < 4.78 is 40.4. The first-order chi connectivity index (χ1) is 12.8. The van der Waals surface area contributed by atoms with Gasteiger partial charge in [0, 0.05) is 17.8 Å². The molecule has 1 fully saturated rings. The van der Waals surface area contributed by atoms with Gasteiger partial charge >= 0.3 is 6.36 Å². The van der Waals surface area contributed by atoms with Crippen molar-refractivity contribution < 1.29 is 23.0 Å². The Kier molecular flexibility index (Phi) is 8.09. The summed E-state index contributed by atoms with van der Waals surface area (Å²) in [6.45, 7) is 2.77. The molecule has 1 saturated carbocycles. The van der Waals surface area contributed by atoms with Gasteiger partial charge in [0.1, 0.15) is 5.75 Å². The van der Waals surface area contributed by atoms with Crippen molar-refractivity contribution in [2.75, 3.05) is 19.3 Å². The maximum atomic E-state index is 12.2. The van der Waals surface area contributed by atoms with Gasteiger partial charge in [-0.05, 0) is 50.1 Å². The van der Waals surface area contributed by atoms with E-state index in [9.17, 15) is 18.3 Å². The molecule has 0 bridgehead atoms. The highest BCUT2D eigenvalue weighted by Crippen LogP contribution is 2.28. The number of ether oxygens (including phenoxy) is 1. The molecule has 5 nitrogen and oxygen atoms in total. The molecule has 0 aliphatic heterocycles. The Morgan fingerprint density at radius 2 is 2.04 bits per heavy atom. The zero-order valence-corrected chi connectivity index (χ0v) is 16.2. The Labute approximate surface area is 161 Å². The predicted octanol–water partition coefficient (Wildman–Crippen LogP) is 3.46. The molecule has 27 heavy (non-hydrogen) atoms. The summed E-state index contributed by atoms with van der Waals surface area (Å²) in [4.78, 5) is 4.41. The van der Waals surface area contributed by atoms with Gasteiger partial charge in [0.2, 0.25) is 0 Å². The van der Waals surface area contributed by atoms with Crippen LogP contribution in [0.1, 0.15) is 37.9 Å². The van der Waals surface area contributed by atoms with Crippen LogP contribution >= 0.6 is 11.8 Å². The smallest absolute Gasteiger partial charge is 0.406 e. The molecule has 0 saturated heterocycles. The van der Waals surface area contributed by atoms with E-state index in [4.69, 9.17) is 0 Å². The lowest BCUT2D eigenvalue weighted by molar-refractivity contribution is -0.274. The fraction of sp³-hybridized carbons (Fsp3) is 0.611. The number of thioether (sulfide) groups is 1. The number of guanidine groups is 1. The van der Waals surface area contributed by atoms with Gasteiger partial charge in [-0.3, -0.25) is 4.99 Å². The average molecular weight is 405 g/mol. The van der Waals surface area contributed by atoms with Crippen molar-refractivity contribution in [2.45, 2.75) is 49.9 Å². The number of aliphatic imine (C=N–C) groups is 1. The highest BCUT2D eigenvalue weighted by Gasteiger charge is 2.31. The van der Waals surface area contributed by atoms with Crippen LogP contribution in [0.5, 0.6) is 5.75 Å². The molecule has 3 N–H and O–H groups in total. The number of nitrogens with one attached hydrogen (secondary N) is 2. The summed E-state index contributed by atoms with van der Waals surface area (Å²) in [6.07, 6.45) is -0.191. The number of hydrogen-bond donors (Lipinski definition) is 3. The average Bonchev–Trinajstić information content (AvgIpc) is 3.06. The summed E-state index contributed by atoms with van der Waals surface area (Å²) in [7, 11) is 0. The summed E-state index contributed by atoms with van der Waals surface area (Å²) in [5.41, 5.74) is 0.479. The molecule has 0 radical (unpaired) electrons.